The Kier molecular flexibility index (Phi) is 9.40. The van der Waals surface area contributed by atoms with E-state index in [9.17, 15) is 24.6 Å². The van der Waals surface area contributed by atoms with Crippen molar-refractivity contribution in [2.75, 3.05) is 6.61 Å². The summed E-state index contributed by atoms with van der Waals surface area (Å²) < 4.78 is 5.00. The minimum absolute atomic E-state index is 0.0783. The second kappa shape index (κ2) is 10.2. The van der Waals surface area contributed by atoms with Gasteiger partial charge in [-0.25, -0.2) is 4.79 Å². The van der Waals surface area contributed by atoms with Gasteiger partial charge in [0.15, 0.2) is 5.60 Å². The number of carboxylic acids is 2. The SMILES string of the molecule is CCCCCC(C(=O)OCCCC)C(O)(CC(=O)O)C(=O)O. The van der Waals surface area contributed by atoms with Crippen molar-refractivity contribution in [2.45, 2.75) is 64.4 Å². The first-order valence-corrected chi connectivity index (χ1v) is 7.63. The number of esters is 1. The summed E-state index contributed by atoms with van der Waals surface area (Å²) in [5, 5.41) is 28.3. The lowest BCUT2D eigenvalue weighted by Crippen LogP contribution is -2.51. The molecule has 0 heterocycles. The monoisotopic (exact) mass is 318 g/mol. The van der Waals surface area contributed by atoms with E-state index in [4.69, 9.17) is 9.84 Å². The van der Waals surface area contributed by atoms with Crippen molar-refractivity contribution in [3.05, 3.63) is 0 Å². The molecule has 0 saturated carbocycles. The number of rotatable bonds is 12. The molecule has 7 nitrogen and oxygen atoms in total. The largest absolute Gasteiger partial charge is 0.481 e. The molecule has 0 aromatic rings. The summed E-state index contributed by atoms with van der Waals surface area (Å²) in [7, 11) is 0. The summed E-state index contributed by atoms with van der Waals surface area (Å²) in [6, 6.07) is 0. The number of carbonyl (C=O) groups is 3. The predicted octanol–water partition coefficient (Wildman–Crippen LogP) is 1.82. The standard InChI is InChI=1S/C15H26O7/c1-3-5-7-8-11(13(18)22-9-6-4-2)15(21,14(19)20)10-12(16)17/h11,21H,3-10H2,1-2H3,(H,16,17)(H,19,20). The third-order valence-corrected chi connectivity index (χ3v) is 3.49. The van der Waals surface area contributed by atoms with Gasteiger partial charge in [-0.15, -0.1) is 0 Å². The fraction of sp³-hybridized carbons (Fsp3) is 0.800. The number of aliphatic hydroxyl groups is 1. The third kappa shape index (κ3) is 6.43. The van der Waals surface area contributed by atoms with Crippen molar-refractivity contribution in [1.29, 1.82) is 0 Å². The van der Waals surface area contributed by atoms with Gasteiger partial charge in [-0.2, -0.15) is 0 Å². The van der Waals surface area contributed by atoms with Crippen LogP contribution in [0.25, 0.3) is 0 Å². The van der Waals surface area contributed by atoms with E-state index in [0.29, 0.717) is 12.8 Å². The van der Waals surface area contributed by atoms with Gasteiger partial charge in [-0.3, -0.25) is 9.59 Å². The Morgan fingerprint density at radius 1 is 1.05 bits per heavy atom. The van der Waals surface area contributed by atoms with Crippen molar-refractivity contribution >= 4 is 17.9 Å². The van der Waals surface area contributed by atoms with Gasteiger partial charge in [-0.1, -0.05) is 39.5 Å². The highest BCUT2D eigenvalue weighted by molar-refractivity contribution is 5.90. The van der Waals surface area contributed by atoms with E-state index in [2.05, 4.69) is 0 Å². The van der Waals surface area contributed by atoms with Crippen LogP contribution in [-0.4, -0.2) is 45.4 Å². The molecule has 7 heteroatoms. The molecule has 0 saturated heterocycles. The first-order valence-electron chi connectivity index (χ1n) is 7.63. The molecule has 22 heavy (non-hydrogen) atoms. The zero-order valence-corrected chi connectivity index (χ0v) is 13.2. The quantitative estimate of drug-likeness (QED) is 0.370. The van der Waals surface area contributed by atoms with Gasteiger partial charge in [-0.05, 0) is 12.8 Å². The lowest BCUT2D eigenvalue weighted by Gasteiger charge is -2.29. The zero-order valence-electron chi connectivity index (χ0n) is 13.2. The third-order valence-electron chi connectivity index (χ3n) is 3.49. The smallest absolute Gasteiger partial charge is 0.337 e. The molecule has 0 aromatic carbocycles. The number of hydrogen-bond acceptors (Lipinski definition) is 5. The molecule has 0 spiro atoms. The molecule has 0 bridgehead atoms. The van der Waals surface area contributed by atoms with Crippen LogP contribution in [0.4, 0.5) is 0 Å². The van der Waals surface area contributed by atoms with E-state index in [1.165, 1.54) is 0 Å². The highest BCUT2D eigenvalue weighted by atomic mass is 16.5. The molecule has 0 rings (SSSR count). The molecule has 0 fully saturated rings. The van der Waals surface area contributed by atoms with E-state index in [1.807, 2.05) is 13.8 Å². The lowest BCUT2D eigenvalue weighted by atomic mass is 9.81. The molecular formula is C15H26O7. The maximum Gasteiger partial charge on any atom is 0.337 e. The lowest BCUT2D eigenvalue weighted by molar-refractivity contribution is -0.182. The number of aliphatic carboxylic acids is 2. The van der Waals surface area contributed by atoms with Gasteiger partial charge in [0.2, 0.25) is 0 Å². The minimum Gasteiger partial charge on any atom is -0.481 e. The highest BCUT2D eigenvalue weighted by Crippen LogP contribution is 2.29. The Morgan fingerprint density at radius 2 is 1.64 bits per heavy atom. The van der Waals surface area contributed by atoms with Gasteiger partial charge in [0.25, 0.3) is 0 Å². The number of hydrogen-bond donors (Lipinski definition) is 3. The Hall–Kier alpha value is -1.63. The number of carbonyl (C=O) groups excluding carboxylic acids is 1. The van der Waals surface area contributed by atoms with Crippen molar-refractivity contribution < 1.29 is 34.4 Å². The molecule has 0 radical (unpaired) electrons. The van der Waals surface area contributed by atoms with E-state index in [-0.39, 0.29) is 13.0 Å². The average Bonchev–Trinajstić information content (AvgIpc) is 2.42. The van der Waals surface area contributed by atoms with Crippen LogP contribution in [0.5, 0.6) is 0 Å². The van der Waals surface area contributed by atoms with Crippen molar-refractivity contribution in [1.82, 2.24) is 0 Å². The van der Waals surface area contributed by atoms with Gasteiger partial charge in [0.1, 0.15) is 0 Å². The molecule has 128 valence electrons. The summed E-state index contributed by atoms with van der Waals surface area (Å²) in [5.74, 6) is -5.43. The molecule has 0 aromatic heterocycles. The Bertz CT molecular complexity index is 380. The molecule has 2 atom stereocenters. The molecule has 0 aliphatic rings. The average molecular weight is 318 g/mol. The Balaban J connectivity index is 5.17. The predicted molar refractivity (Wildman–Crippen MR) is 78.3 cm³/mol. The molecular weight excluding hydrogens is 292 g/mol. The van der Waals surface area contributed by atoms with E-state index >= 15 is 0 Å². The van der Waals surface area contributed by atoms with Gasteiger partial charge in [0, 0.05) is 0 Å². The van der Waals surface area contributed by atoms with Gasteiger partial charge >= 0.3 is 17.9 Å². The fourth-order valence-electron chi connectivity index (χ4n) is 2.15. The van der Waals surface area contributed by atoms with Crippen LogP contribution in [-0.2, 0) is 19.1 Å². The summed E-state index contributed by atoms with van der Waals surface area (Å²) in [5.41, 5.74) is -2.65. The second-order valence-electron chi connectivity index (χ2n) is 5.37. The zero-order chi connectivity index (χ0) is 17.2. The summed E-state index contributed by atoms with van der Waals surface area (Å²) in [4.78, 5) is 34.3. The van der Waals surface area contributed by atoms with Crippen molar-refractivity contribution in [3.8, 4) is 0 Å². The maximum absolute atomic E-state index is 12.1. The number of ether oxygens (including phenoxy) is 1. The van der Waals surface area contributed by atoms with Crippen LogP contribution < -0.4 is 0 Å². The second-order valence-corrected chi connectivity index (χ2v) is 5.37. The fourth-order valence-corrected chi connectivity index (χ4v) is 2.15. The van der Waals surface area contributed by atoms with Crippen molar-refractivity contribution in [3.63, 3.8) is 0 Å². The van der Waals surface area contributed by atoms with E-state index < -0.39 is 35.8 Å². The molecule has 0 amide bonds. The summed E-state index contributed by atoms with van der Waals surface area (Å²) in [6.45, 7) is 3.97. The van der Waals surface area contributed by atoms with Crippen LogP contribution in [0.3, 0.4) is 0 Å². The number of unbranched alkanes of at least 4 members (excludes halogenated alkanes) is 3. The maximum atomic E-state index is 12.1. The summed E-state index contributed by atoms with van der Waals surface area (Å²) >= 11 is 0. The van der Waals surface area contributed by atoms with Gasteiger partial charge in [0.05, 0.1) is 18.9 Å². The highest BCUT2D eigenvalue weighted by Gasteiger charge is 2.50. The molecule has 0 aliphatic carbocycles. The molecule has 2 unspecified atom stereocenters. The van der Waals surface area contributed by atoms with Crippen LogP contribution in [0.2, 0.25) is 0 Å². The number of carboxylic acid groups (broad SMARTS) is 2. The van der Waals surface area contributed by atoms with Gasteiger partial charge < -0.3 is 20.1 Å². The molecule has 3 N–H and O–H groups in total. The Morgan fingerprint density at radius 3 is 2.09 bits per heavy atom. The first kappa shape index (κ1) is 20.4. The summed E-state index contributed by atoms with van der Waals surface area (Å²) in [6.07, 6.45) is 2.57. The molecule has 0 aliphatic heterocycles. The van der Waals surface area contributed by atoms with Crippen LogP contribution >= 0.6 is 0 Å². The normalized spacial score (nSPS) is 14.9. The minimum atomic E-state index is -2.65. The Labute approximate surface area is 130 Å². The topological polar surface area (TPSA) is 121 Å². The van der Waals surface area contributed by atoms with E-state index in [1.54, 1.807) is 0 Å². The van der Waals surface area contributed by atoms with Crippen molar-refractivity contribution in [2.24, 2.45) is 5.92 Å². The first-order chi connectivity index (χ1) is 10.3. The van der Waals surface area contributed by atoms with Crippen LogP contribution in [0.15, 0.2) is 0 Å². The van der Waals surface area contributed by atoms with E-state index in [0.717, 1.165) is 19.3 Å². The van der Waals surface area contributed by atoms with Crippen LogP contribution in [0.1, 0.15) is 58.8 Å². The van der Waals surface area contributed by atoms with Crippen LogP contribution in [0, 0.1) is 5.92 Å².